The maximum Gasteiger partial charge on any atom is 0.0462 e. The lowest BCUT2D eigenvalue weighted by Gasteiger charge is -2.25. The van der Waals surface area contributed by atoms with Gasteiger partial charge in [-0.2, -0.15) is 0 Å². The molecule has 2 heteroatoms. The standard InChI is InChI=1S/C30H22BrN/c31-22-30(29-17-9-11-23-10-7-8-16-28(23)29)24-18-20-27(21-19-24)32(25-12-3-1-4-13-25)26-14-5-2-6-15-26/h1-22H. The number of rotatable bonds is 5. The van der Waals surface area contributed by atoms with E-state index < -0.39 is 0 Å². The molecule has 0 saturated heterocycles. The van der Waals surface area contributed by atoms with E-state index in [4.69, 9.17) is 0 Å². The van der Waals surface area contributed by atoms with E-state index in [1.807, 2.05) is 17.1 Å². The molecule has 0 amide bonds. The van der Waals surface area contributed by atoms with E-state index in [0.717, 1.165) is 17.1 Å². The van der Waals surface area contributed by atoms with Crippen molar-refractivity contribution in [3.8, 4) is 0 Å². The summed E-state index contributed by atoms with van der Waals surface area (Å²) in [6.45, 7) is 0. The molecule has 0 spiro atoms. The lowest BCUT2D eigenvalue weighted by molar-refractivity contribution is 1.28. The van der Waals surface area contributed by atoms with Gasteiger partial charge in [0.05, 0.1) is 0 Å². The van der Waals surface area contributed by atoms with Crippen LogP contribution in [-0.2, 0) is 0 Å². The van der Waals surface area contributed by atoms with Crippen molar-refractivity contribution in [3.05, 3.63) is 144 Å². The molecule has 0 saturated carbocycles. The Bertz CT molecular complexity index is 1310. The zero-order valence-corrected chi connectivity index (χ0v) is 19.1. The number of hydrogen-bond donors (Lipinski definition) is 0. The number of para-hydroxylation sites is 2. The van der Waals surface area contributed by atoms with Crippen molar-refractivity contribution in [2.45, 2.75) is 0 Å². The molecule has 0 atom stereocenters. The number of hydrogen-bond acceptors (Lipinski definition) is 1. The van der Waals surface area contributed by atoms with Gasteiger partial charge in [0, 0.05) is 17.1 Å². The van der Waals surface area contributed by atoms with Crippen LogP contribution in [0.5, 0.6) is 0 Å². The molecule has 0 fully saturated rings. The van der Waals surface area contributed by atoms with Crippen LogP contribution in [0.1, 0.15) is 11.1 Å². The Morgan fingerprint density at radius 1 is 0.531 bits per heavy atom. The second-order valence-electron chi connectivity index (χ2n) is 7.60. The van der Waals surface area contributed by atoms with Gasteiger partial charge in [0.25, 0.3) is 0 Å². The summed E-state index contributed by atoms with van der Waals surface area (Å²) < 4.78 is 0. The van der Waals surface area contributed by atoms with Crippen molar-refractivity contribution < 1.29 is 0 Å². The van der Waals surface area contributed by atoms with Gasteiger partial charge in [0.15, 0.2) is 0 Å². The Labute approximate surface area is 197 Å². The summed E-state index contributed by atoms with van der Waals surface area (Å²) in [5.74, 6) is 0. The Hall–Kier alpha value is -3.62. The molecule has 154 valence electrons. The van der Waals surface area contributed by atoms with Crippen molar-refractivity contribution in [2.75, 3.05) is 4.90 Å². The van der Waals surface area contributed by atoms with Crippen molar-refractivity contribution in [1.29, 1.82) is 0 Å². The smallest absolute Gasteiger partial charge is 0.0462 e. The molecule has 1 nitrogen and oxygen atoms in total. The van der Waals surface area contributed by atoms with Gasteiger partial charge in [0.2, 0.25) is 0 Å². The zero-order valence-electron chi connectivity index (χ0n) is 17.5. The van der Waals surface area contributed by atoms with Gasteiger partial charge in [-0.3, -0.25) is 0 Å². The highest BCUT2D eigenvalue weighted by atomic mass is 79.9. The van der Waals surface area contributed by atoms with Crippen LogP contribution in [0.2, 0.25) is 0 Å². The third-order valence-electron chi connectivity index (χ3n) is 5.65. The fourth-order valence-corrected chi connectivity index (χ4v) is 4.64. The lowest BCUT2D eigenvalue weighted by Crippen LogP contribution is -2.09. The van der Waals surface area contributed by atoms with Gasteiger partial charge in [-0.25, -0.2) is 0 Å². The van der Waals surface area contributed by atoms with Crippen LogP contribution < -0.4 is 4.90 Å². The highest BCUT2D eigenvalue weighted by Crippen LogP contribution is 2.36. The zero-order chi connectivity index (χ0) is 21.8. The van der Waals surface area contributed by atoms with Gasteiger partial charge in [-0.15, -0.1) is 0 Å². The van der Waals surface area contributed by atoms with E-state index >= 15 is 0 Å². The van der Waals surface area contributed by atoms with Crippen LogP contribution in [-0.4, -0.2) is 0 Å². The molecule has 0 aliphatic carbocycles. The first-order valence-corrected chi connectivity index (χ1v) is 11.6. The third kappa shape index (κ3) is 3.98. The number of nitrogens with zero attached hydrogens (tertiary/aromatic N) is 1. The van der Waals surface area contributed by atoms with Crippen molar-refractivity contribution in [3.63, 3.8) is 0 Å². The Morgan fingerprint density at radius 2 is 1.06 bits per heavy atom. The van der Waals surface area contributed by atoms with E-state index in [-0.39, 0.29) is 0 Å². The number of halogens is 1. The molecule has 0 heterocycles. The molecular weight excluding hydrogens is 454 g/mol. The summed E-state index contributed by atoms with van der Waals surface area (Å²) >= 11 is 3.62. The monoisotopic (exact) mass is 475 g/mol. The minimum atomic E-state index is 1.12. The van der Waals surface area contributed by atoms with Crippen LogP contribution in [0.15, 0.2) is 132 Å². The van der Waals surface area contributed by atoms with E-state index in [1.54, 1.807) is 0 Å². The Kier molecular flexibility index (Phi) is 5.87. The highest BCUT2D eigenvalue weighted by molar-refractivity contribution is 9.11. The van der Waals surface area contributed by atoms with Crippen molar-refractivity contribution in [2.24, 2.45) is 0 Å². The molecular formula is C30H22BrN. The third-order valence-corrected chi connectivity index (χ3v) is 6.11. The summed E-state index contributed by atoms with van der Waals surface area (Å²) in [6, 6.07) is 44.7. The van der Waals surface area contributed by atoms with E-state index in [0.29, 0.717) is 0 Å². The largest absolute Gasteiger partial charge is 0.311 e. The van der Waals surface area contributed by atoms with Crippen LogP contribution in [0.4, 0.5) is 17.1 Å². The molecule has 32 heavy (non-hydrogen) atoms. The number of fused-ring (bicyclic) bond motifs is 1. The van der Waals surface area contributed by atoms with Crippen molar-refractivity contribution in [1.82, 2.24) is 0 Å². The van der Waals surface area contributed by atoms with E-state index in [2.05, 4.69) is 136 Å². The normalized spacial score (nSPS) is 11.5. The fraction of sp³-hybridized carbons (Fsp3) is 0. The van der Waals surface area contributed by atoms with E-state index in [9.17, 15) is 0 Å². The average molecular weight is 476 g/mol. The van der Waals surface area contributed by atoms with Gasteiger partial charge in [-0.05, 0) is 68.9 Å². The molecule has 0 bridgehead atoms. The summed E-state index contributed by atoms with van der Waals surface area (Å²) in [4.78, 5) is 4.30. The summed E-state index contributed by atoms with van der Waals surface area (Å²) in [6.07, 6.45) is 0. The quantitative estimate of drug-likeness (QED) is 0.245. The Balaban J connectivity index is 1.56. The van der Waals surface area contributed by atoms with Gasteiger partial charge in [0.1, 0.15) is 0 Å². The second-order valence-corrected chi connectivity index (χ2v) is 8.06. The highest BCUT2D eigenvalue weighted by Gasteiger charge is 2.13. The van der Waals surface area contributed by atoms with Crippen LogP contribution in [0, 0.1) is 0 Å². The van der Waals surface area contributed by atoms with E-state index in [1.165, 1.54) is 27.5 Å². The maximum atomic E-state index is 3.62. The maximum absolute atomic E-state index is 3.62. The Morgan fingerprint density at radius 3 is 1.69 bits per heavy atom. The van der Waals surface area contributed by atoms with Crippen molar-refractivity contribution >= 4 is 49.3 Å². The summed E-state index contributed by atoms with van der Waals surface area (Å²) in [7, 11) is 0. The van der Waals surface area contributed by atoms with Crippen LogP contribution >= 0.6 is 15.9 Å². The molecule has 0 radical (unpaired) electrons. The molecule has 0 aliphatic rings. The first kappa shape index (κ1) is 20.3. The average Bonchev–Trinajstić information content (AvgIpc) is 2.87. The molecule has 5 aromatic carbocycles. The van der Waals surface area contributed by atoms with Crippen LogP contribution in [0.3, 0.4) is 0 Å². The summed E-state index contributed by atoms with van der Waals surface area (Å²) in [5.41, 5.74) is 6.95. The summed E-state index contributed by atoms with van der Waals surface area (Å²) in [5, 5.41) is 2.49. The predicted octanol–water partition coefficient (Wildman–Crippen LogP) is 9.09. The molecule has 0 aliphatic heterocycles. The molecule has 0 aromatic heterocycles. The first-order valence-electron chi connectivity index (χ1n) is 10.6. The SMILES string of the molecule is BrC=C(c1ccc(N(c2ccccc2)c2ccccc2)cc1)c1cccc2ccccc12. The molecule has 5 aromatic rings. The minimum absolute atomic E-state index is 1.12. The fourth-order valence-electron chi connectivity index (χ4n) is 4.13. The molecule has 0 unspecified atom stereocenters. The second kappa shape index (κ2) is 9.25. The molecule has 0 N–H and O–H groups in total. The van der Waals surface area contributed by atoms with Crippen LogP contribution in [0.25, 0.3) is 16.3 Å². The van der Waals surface area contributed by atoms with Gasteiger partial charge < -0.3 is 4.90 Å². The topological polar surface area (TPSA) is 3.24 Å². The molecule has 5 rings (SSSR count). The lowest BCUT2D eigenvalue weighted by atomic mass is 9.94. The van der Waals surface area contributed by atoms with Gasteiger partial charge >= 0.3 is 0 Å². The number of anilines is 3. The van der Waals surface area contributed by atoms with Gasteiger partial charge in [-0.1, -0.05) is 107 Å². The minimum Gasteiger partial charge on any atom is -0.311 e. The first-order chi connectivity index (χ1) is 15.8. The predicted molar refractivity (Wildman–Crippen MR) is 141 cm³/mol. The number of benzene rings is 5.